The molecule has 5 N–H and O–H groups in total. The van der Waals surface area contributed by atoms with E-state index in [9.17, 15) is 32.5 Å². The molecule has 69 heavy (non-hydrogen) atoms. The molecule has 0 radical (unpaired) electrons. The Kier molecular flexibility index (Phi) is 13.1. The number of hydrogen-bond acceptors (Lipinski definition) is 8. The lowest BCUT2D eigenvalue weighted by Gasteiger charge is -2.22. The van der Waals surface area contributed by atoms with Gasteiger partial charge < -0.3 is 25.5 Å². The Morgan fingerprint density at radius 2 is 1.14 bits per heavy atom. The van der Waals surface area contributed by atoms with E-state index in [0.717, 1.165) is 61.4 Å². The minimum atomic E-state index is -4.65. The number of carbonyl (C=O) groups is 3. The van der Waals surface area contributed by atoms with Gasteiger partial charge in [0.1, 0.15) is 16.2 Å². The van der Waals surface area contributed by atoms with Crippen molar-refractivity contribution in [2.24, 2.45) is 4.99 Å². The molecule has 8 rings (SSSR count). The lowest BCUT2D eigenvalue weighted by Crippen LogP contribution is -2.17. The standard InChI is InChI=1S/C56H52N4O8S/c1-30-34(5)54(59-49(61)26-38-15-10-9-11-16-38)35(6)31(2)52(30)57-41-21-23-43-46(28-41)68-47-29-42(22-24-44(47)51(43)45-19-12-13-20-48(45)69(65,66)67)58-53-32(3)36(7)55(37(8)33(53)4)60-50(62)27-39-17-14-18-40(25-39)56(63)64/h9-25,28-29,57H,26-27H2,1-8H3,(H,59,61)(H,60,62)(H,63,64)(H,65,66,67). The van der Waals surface area contributed by atoms with Crippen LogP contribution in [0.3, 0.4) is 0 Å². The third kappa shape index (κ3) is 9.65. The van der Waals surface area contributed by atoms with Crippen LogP contribution in [0.5, 0.6) is 0 Å². The predicted octanol–water partition coefficient (Wildman–Crippen LogP) is 12.0. The summed E-state index contributed by atoms with van der Waals surface area (Å²) in [5, 5.41) is 20.4. The maximum Gasteiger partial charge on any atom is 0.335 e. The number of carboxylic acid groups (broad SMARTS) is 1. The monoisotopic (exact) mass is 940 g/mol. The number of amides is 2. The molecule has 13 heteroatoms. The summed E-state index contributed by atoms with van der Waals surface area (Å²) >= 11 is 0. The number of anilines is 4. The minimum absolute atomic E-state index is 0.00370. The normalized spacial score (nSPS) is 11.8. The van der Waals surface area contributed by atoms with Crippen LogP contribution in [-0.4, -0.2) is 35.9 Å². The van der Waals surface area contributed by atoms with Crippen molar-refractivity contribution in [2.75, 3.05) is 16.0 Å². The number of nitrogens with zero attached hydrogens (tertiary/aromatic N) is 1. The van der Waals surface area contributed by atoms with Crippen molar-refractivity contribution in [1.29, 1.82) is 0 Å². The summed E-state index contributed by atoms with van der Waals surface area (Å²) in [4.78, 5) is 42.8. The number of nitrogens with one attached hydrogen (secondary N) is 3. The van der Waals surface area contributed by atoms with Gasteiger partial charge in [-0.05, 0) is 153 Å². The molecular formula is C56H52N4O8S. The zero-order chi connectivity index (χ0) is 49.5. The maximum atomic E-state index is 13.3. The summed E-state index contributed by atoms with van der Waals surface area (Å²) in [7, 11) is -4.65. The van der Waals surface area contributed by atoms with Crippen LogP contribution in [0.1, 0.15) is 66.0 Å². The van der Waals surface area contributed by atoms with E-state index in [-0.39, 0.29) is 35.1 Å². The fourth-order valence-corrected chi connectivity index (χ4v) is 9.67. The highest BCUT2D eigenvalue weighted by atomic mass is 32.2. The molecule has 0 aromatic heterocycles. The molecule has 0 unspecified atom stereocenters. The van der Waals surface area contributed by atoms with Crippen LogP contribution in [0, 0.1) is 55.4 Å². The number of hydrogen-bond donors (Lipinski definition) is 5. The molecule has 1 aliphatic carbocycles. The van der Waals surface area contributed by atoms with E-state index in [1.54, 1.807) is 36.4 Å². The molecule has 0 spiro atoms. The maximum absolute atomic E-state index is 13.3. The van der Waals surface area contributed by atoms with Gasteiger partial charge in [-0.25, -0.2) is 9.79 Å². The Hall–Kier alpha value is -7.87. The summed E-state index contributed by atoms with van der Waals surface area (Å²) in [6, 6.07) is 33.3. The van der Waals surface area contributed by atoms with Crippen LogP contribution in [0.2, 0.25) is 0 Å². The lowest BCUT2D eigenvalue weighted by atomic mass is 9.93. The third-order valence-corrected chi connectivity index (χ3v) is 14.0. The van der Waals surface area contributed by atoms with Gasteiger partial charge in [-0.15, -0.1) is 0 Å². The Morgan fingerprint density at radius 3 is 1.77 bits per heavy atom. The number of carboxylic acids is 1. The first-order valence-corrected chi connectivity index (χ1v) is 23.8. The number of carbonyl (C=O) groups excluding carboxylic acids is 2. The van der Waals surface area contributed by atoms with E-state index in [1.165, 1.54) is 18.2 Å². The fourth-order valence-electron chi connectivity index (χ4n) is 8.97. The third-order valence-electron chi connectivity index (χ3n) is 13.1. The quantitative estimate of drug-likeness (QED) is 0.0587. The van der Waals surface area contributed by atoms with Gasteiger partial charge in [0.15, 0.2) is 0 Å². The number of rotatable bonds is 12. The fraction of sp³-hybridized carbons (Fsp3) is 0.179. The lowest BCUT2D eigenvalue weighted by molar-refractivity contribution is -0.116. The van der Waals surface area contributed by atoms with Crippen molar-refractivity contribution in [3.8, 4) is 22.5 Å². The molecule has 0 fully saturated rings. The number of fused-ring (bicyclic) bond motifs is 2. The van der Waals surface area contributed by atoms with Crippen molar-refractivity contribution < 1.29 is 36.9 Å². The van der Waals surface area contributed by atoms with Gasteiger partial charge >= 0.3 is 5.97 Å². The second kappa shape index (κ2) is 19.0. The van der Waals surface area contributed by atoms with E-state index in [2.05, 4.69) is 16.0 Å². The highest BCUT2D eigenvalue weighted by Gasteiger charge is 2.25. The summed E-state index contributed by atoms with van der Waals surface area (Å²) in [6.45, 7) is 15.7. The van der Waals surface area contributed by atoms with E-state index in [1.807, 2.05) is 116 Å². The first kappa shape index (κ1) is 47.6. The largest absolute Gasteiger partial charge is 0.478 e. The van der Waals surface area contributed by atoms with Crippen molar-refractivity contribution in [3.05, 3.63) is 182 Å². The van der Waals surface area contributed by atoms with E-state index in [4.69, 9.17) is 9.41 Å². The van der Waals surface area contributed by atoms with Gasteiger partial charge in [0.05, 0.1) is 29.4 Å². The Balaban J connectivity index is 1.19. The van der Waals surface area contributed by atoms with Gasteiger partial charge in [-0.1, -0.05) is 60.7 Å². The van der Waals surface area contributed by atoms with E-state index < -0.39 is 16.1 Å². The number of aromatic carboxylic acids is 1. The SMILES string of the molecule is Cc1c(C)c(NC(=O)Cc2cccc(C(=O)O)c2)c(C)c(C)c1N=c1ccc2c(-c3ccccc3S(=O)(=O)O)c3ccc(Nc4c(C)c(C)c(NC(=O)Cc5ccccc5)c(C)c4C)cc3oc-2c1. The van der Waals surface area contributed by atoms with Gasteiger partial charge in [-0.2, -0.15) is 8.42 Å². The summed E-state index contributed by atoms with van der Waals surface area (Å²) in [6.07, 6.45) is 0.250. The molecule has 6 aromatic rings. The van der Waals surface area contributed by atoms with E-state index in [0.29, 0.717) is 61.4 Å². The highest BCUT2D eigenvalue weighted by molar-refractivity contribution is 7.86. The highest BCUT2D eigenvalue weighted by Crippen LogP contribution is 2.44. The molecule has 12 nitrogen and oxygen atoms in total. The average molecular weight is 941 g/mol. The molecule has 0 atom stereocenters. The Morgan fingerprint density at radius 1 is 0.580 bits per heavy atom. The second-order valence-electron chi connectivity index (χ2n) is 17.5. The van der Waals surface area contributed by atoms with Crippen LogP contribution in [0.25, 0.3) is 33.4 Å². The topological polar surface area (TPSA) is 187 Å². The van der Waals surface area contributed by atoms with Crippen molar-refractivity contribution in [2.45, 2.75) is 73.1 Å². The van der Waals surface area contributed by atoms with Gasteiger partial charge in [-0.3, -0.25) is 14.1 Å². The van der Waals surface area contributed by atoms with Gasteiger partial charge in [0, 0.05) is 57.0 Å². The summed E-state index contributed by atoms with van der Waals surface area (Å²) in [5.74, 6) is -1.04. The molecule has 0 bridgehead atoms. The van der Waals surface area contributed by atoms with E-state index >= 15 is 0 Å². The Bertz CT molecular complexity index is 3500. The molecule has 1 heterocycles. The summed E-state index contributed by atoms with van der Waals surface area (Å²) in [5.41, 5.74) is 14.3. The molecule has 0 saturated carbocycles. The van der Waals surface area contributed by atoms with Gasteiger partial charge in [0.25, 0.3) is 10.1 Å². The molecule has 2 aliphatic rings. The zero-order valence-corrected chi connectivity index (χ0v) is 40.4. The summed E-state index contributed by atoms with van der Waals surface area (Å²) < 4.78 is 42.9. The first-order valence-electron chi connectivity index (χ1n) is 22.4. The number of benzene rings is 7. The van der Waals surface area contributed by atoms with Crippen LogP contribution >= 0.6 is 0 Å². The zero-order valence-electron chi connectivity index (χ0n) is 39.6. The molecular weight excluding hydrogens is 889 g/mol. The van der Waals surface area contributed by atoms with Gasteiger partial charge in [0.2, 0.25) is 11.8 Å². The van der Waals surface area contributed by atoms with Crippen molar-refractivity contribution in [1.82, 2.24) is 0 Å². The van der Waals surface area contributed by atoms with Crippen LogP contribution in [0.4, 0.5) is 28.4 Å². The minimum Gasteiger partial charge on any atom is -0.478 e. The molecule has 2 amide bonds. The Labute approximate surface area is 400 Å². The van der Waals surface area contributed by atoms with Crippen LogP contribution < -0.4 is 21.3 Å². The molecule has 350 valence electrons. The van der Waals surface area contributed by atoms with Crippen LogP contribution in [0.15, 0.2) is 130 Å². The van der Waals surface area contributed by atoms with Crippen LogP contribution in [-0.2, 0) is 32.5 Å². The van der Waals surface area contributed by atoms with Crippen molar-refractivity contribution in [3.63, 3.8) is 0 Å². The van der Waals surface area contributed by atoms with Crippen molar-refractivity contribution >= 4 is 67.3 Å². The second-order valence-corrected chi connectivity index (χ2v) is 18.9. The molecule has 0 saturated heterocycles. The first-order chi connectivity index (χ1) is 32.8. The predicted molar refractivity (Wildman–Crippen MR) is 272 cm³/mol. The smallest absolute Gasteiger partial charge is 0.335 e. The molecule has 1 aliphatic heterocycles. The molecule has 6 aromatic carbocycles. The average Bonchev–Trinajstić information content (AvgIpc) is 3.32.